The highest BCUT2D eigenvalue weighted by Crippen LogP contribution is 2.20. The molecule has 0 radical (unpaired) electrons. The predicted octanol–water partition coefficient (Wildman–Crippen LogP) is 2.33. The number of aromatic nitrogens is 1. The third kappa shape index (κ3) is 2.88. The molecule has 0 bridgehead atoms. The molecule has 4 heteroatoms. The molecule has 0 saturated carbocycles. The topological polar surface area (TPSA) is 45.6 Å². The van der Waals surface area contributed by atoms with Crippen molar-refractivity contribution in [2.45, 2.75) is 32.7 Å². The van der Waals surface area contributed by atoms with Gasteiger partial charge in [0.1, 0.15) is 0 Å². The van der Waals surface area contributed by atoms with Crippen molar-refractivity contribution in [1.29, 1.82) is 0 Å². The van der Waals surface area contributed by atoms with E-state index >= 15 is 0 Å². The average Bonchev–Trinajstić information content (AvgIpc) is 2.35. The highest BCUT2D eigenvalue weighted by molar-refractivity contribution is 5.26. The van der Waals surface area contributed by atoms with E-state index in [1.807, 2.05) is 0 Å². The quantitative estimate of drug-likeness (QED) is 0.750. The Morgan fingerprint density at radius 1 is 1.47 bits per heavy atom. The fourth-order valence-electron chi connectivity index (χ4n) is 2.19. The third-order valence-corrected chi connectivity index (χ3v) is 3.25. The smallest absolute Gasteiger partial charge is 0.0938 e. The van der Waals surface area contributed by atoms with Crippen LogP contribution in [-0.4, -0.2) is 29.5 Å². The molecule has 1 aliphatic heterocycles. The molecule has 17 heavy (non-hydrogen) atoms. The van der Waals surface area contributed by atoms with Crippen LogP contribution in [0.5, 0.6) is 0 Å². The molecule has 2 heterocycles. The van der Waals surface area contributed by atoms with Crippen LogP contribution in [0.4, 0.5) is 0 Å². The summed E-state index contributed by atoms with van der Waals surface area (Å²) in [5.74, 6) is 0.484. The molecule has 0 spiro atoms. The Balaban J connectivity index is 2.09. The van der Waals surface area contributed by atoms with Crippen LogP contribution in [0.25, 0.3) is 0 Å². The van der Waals surface area contributed by atoms with Gasteiger partial charge in [0, 0.05) is 37.4 Å². The lowest BCUT2D eigenvalue weighted by atomic mass is 10.0. The van der Waals surface area contributed by atoms with E-state index in [2.05, 4.69) is 36.1 Å². The van der Waals surface area contributed by atoms with Crippen LogP contribution in [0.1, 0.15) is 36.7 Å². The molecule has 2 rings (SSSR count). The fourth-order valence-corrected chi connectivity index (χ4v) is 2.19. The van der Waals surface area contributed by atoms with Gasteiger partial charge in [-0.3, -0.25) is 9.88 Å². The van der Waals surface area contributed by atoms with Gasteiger partial charge in [-0.15, -0.1) is 0 Å². The largest absolute Gasteiger partial charge is 0.297 e. The molecule has 0 fully saturated rings. The van der Waals surface area contributed by atoms with Gasteiger partial charge in [-0.05, 0) is 17.5 Å². The summed E-state index contributed by atoms with van der Waals surface area (Å²) in [4.78, 5) is 17.1. The first-order valence-corrected chi connectivity index (χ1v) is 6.21. The molecule has 0 N–H and O–H groups in total. The van der Waals surface area contributed by atoms with Crippen LogP contribution < -0.4 is 0 Å². The average molecular weight is 233 g/mol. The lowest BCUT2D eigenvalue weighted by Gasteiger charge is -2.27. The van der Waals surface area contributed by atoms with Gasteiger partial charge in [-0.25, -0.2) is 0 Å². The molecule has 0 aromatic carbocycles. The van der Waals surface area contributed by atoms with Crippen LogP contribution in [0.2, 0.25) is 0 Å². The molecular formula is C13H19N3O. The van der Waals surface area contributed by atoms with E-state index in [1.54, 1.807) is 0 Å². The van der Waals surface area contributed by atoms with Crippen molar-refractivity contribution in [2.75, 3.05) is 19.6 Å². The van der Waals surface area contributed by atoms with E-state index in [-0.39, 0.29) is 0 Å². The first-order valence-electron chi connectivity index (χ1n) is 6.21. The molecule has 1 aromatic heterocycles. The Morgan fingerprint density at radius 2 is 2.29 bits per heavy atom. The predicted molar refractivity (Wildman–Crippen MR) is 68.0 cm³/mol. The Bertz CT molecular complexity index is 404. The summed E-state index contributed by atoms with van der Waals surface area (Å²) in [5.41, 5.74) is 3.70. The van der Waals surface area contributed by atoms with E-state index in [4.69, 9.17) is 4.98 Å². The number of nitrogens with zero attached hydrogens (tertiary/aromatic N) is 3. The Kier molecular flexibility index (Phi) is 3.84. The van der Waals surface area contributed by atoms with E-state index in [0.29, 0.717) is 12.5 Å². The number of hydrogen-bond acceptors (Lipinski definition) is 4. The van der Waals surface area contributed by atoms with Gasteiger partial charge < -0.3 is 0 Å². The summed E-state index contributed by atoms with van der Waals surface area (Å²) in [6, 6.07) is 4.29. The van der Waals surface area contributed by atoms with Crippen molar-refractivity contribution in [3.8, 4) is 0 Å². The summed E-state index contributed by atoms with van der Waals surface area (Å²) < 4.78 is 0. The zero-order valence-corrected chi connectivity index (χ0v) is 10.5. The lowest BCUT2D eigenvalue weighted by Crippen LogP contribution is -2.33. The molecule has 4 nitrogen and oxygen atoms in total. The maximum absolute atomic E-state index is 10.1. The number of rotatable bonds is 4. The van der Waals surface area contributed by atoms with Gasteiger partial charge in [-0.1, -0.05) is 25.1 Å². The second-order valence-corrected chi connectivity index (χ2v) is 4.88. The summed E-state index contributed by atoms with van der Waals surface area (Å²) >= 11 is 0. The zero-order valence-electron chi connectivity index (χ0n) is 10.5. The zero-order chi connectivity index (χ0) is 12.3. The second kappa shape index (κ2) is 5.36. The van der Waals surface area contributed by atoms with Gasteiger partial charge in [0.15, 0.2) is 0 Å². The number of nitroso groups, excluding NO2 is 1. The summed E-state index contributed by atoms with van der Waals surface area (Å²) in [5, 5.41) is 2.92. The monoisotopic (exact) mass is 233 g/mol. The minimum atomic E-state index is 0.382. The molecule has 92 valence electrons. The summed E-state index contributed by atoms with van der Waals surface area (Å²) in [6.45, 7) is 7.36. The molecule has 0 amide bonds. The fraction of sp³-hybridized carbons (Fsp3) is 0.615. The Hall–Kier alpha value is -1.29. The normalized spacial score (nSPS) is 15.9. The van der Waals surface area contributed by atoms with Crippen LogP contribution in [0, 0.1) is 4.91 Å². The molecule has 0 atom stereocenters. The number of fused-ring (bicyclic) bond motifs is 1. The maximum Gasteiger partial charge on any atom is 0.0938 e. The van der Waals surface area contributed by atoms with Gasteiger partial charge >= 0.3 is 0 Å². The van der Waals surface area contributed by atoms with Crippen molar-refractivity contribution in [3.63, 3.8) is 0 Å². The highest BCUT2D eigenvalue weighted by atomic mass is 16.3. The van der Waals surface area contributed by atoms with Crippen molar-refractivity contribution in [2.24, 2.45) is 5.18 Å². The van der Waals surface area contributed by atoms with E-state index in [9.17, 15) is 4.91 Å². The molecule has 1 aliphatic rings. The Labute approximate surface area is 102 Å². The summed E-state index contributed by atoms with van der Waals surface area (Å²) in [7, 11) is 0. The van der Waals surface area contributed by atoms with Gasteiger partial charge in [0.25, 0.3) is 0 Å². The minimum Gasteiger partial charge on any atom is -0.297 e. The van der Waals surface area contributed by atoms with Crippen LogP contribution in [0.15, 0.2) is 17.3 Å². The summed E-state index contributed by atoms with van der Waals surface area (Å²) in [6.07, 6.45) is 0.981. The van der Waals surface area contributed by atoms with Gasteiger partial charge in [0.2, 0.25) is 0 Å². The lowest BCUT2D eigenvalue weighted by molar-refractivity contribution is 0.259. The van der Waals surface area contributed by atoms with E-state index in [1.165, 1.54) is 17.0 Å². The first-order chi connectivity index (χ1) is 8.20. The molecule has 0 aliphatic carbocycles. The molecule has 0 unspecified atom stereocenters. The van der Waals surface area contributed by atoms with Crippen LogP contribution in [0.3, 0.4) is 0 Å². The molecule has 0 saturated heterocycles. The van der Waals surface area contributed by atoms with E-state index in [0.717, 1.165) is 26.1 Å². The van der Waals surface area contributed by atoms with Crippen molar-refractivity contribution in [1.82, 2.24) is 9.88 Å². The van der Waals surface area contributed by atoms with Crippen LogP contribution in [-0.2, 0) is 13.0 Å². The second-order valence-electron chi connectivity index (χ2n) is 4.88. The standard InChI is InChI=1S/C13H19N3O/c1-10(2)12-4-3-11-9-16(8-6-14-17)7-5-13(11)15-12/h3-4,10H,5-9H2,1-2H3. The number of pyridine rings is 1. The van der Waals surface area contributed by atoms with E-state index < -0.39 is 0 Å². The van der Waals surface area contributed by atoms with Crippen LogP contribution >= 0.6 is 0 Å². The molecular weight excluding hydrogens is 214 g/mol. The molecule has 1 aromatic rings. The maximum atomic E-state index is 10.1. The van der Waals surface area contributed by atoms with Crippen molar-refractivity contribution >= 4 is 0 Å². The minimum absolute atomic E-state index is 0.382. The van der Waals surface area contributed by atoms with Gasteiger partial charge in [0.05, 0.1) is 6.54 Å². The van der Waals surface area contributed by atoms with Gasteiger partial charge in [-0.2, -0.15) is 4.91 Å². The third-order valence-electron chi connectivity index (χ3n) is 3.25. The van der Waals surface area contributed by atoms with Crippen molar-refractivity contribution < 1.29 is 0 Å². The first kappa shape index (κ1) is 12.2. The van der Waals surface area contributed by atoms with Crippen molar-refractivity contribution in [3.05, 3.63) is 34.0 Å². The Morgan fingerprint density at radius 3 is 3.00 bits per heavy atom. The number of hydrogen-bond donors (Lipinski definition) is 0. The SMILES string of the molecule is CC(C)c1ccc2c(n1)CCN(CCN=O)C2. The highest BCUT2D eigenvalue weighted by Gasteiger charge is 2.17.